The van der Waals surface area contributed by atoms with Gasteiger partial charge in [-0.2, -0.15) is 0 Å². The van der Waals surface area contributed by atoms with Crippen molar-refractivity contribution in [1.29, 1.82) is 0 Å². The summed E-state index contributed by atoms with van der Waals surface area (Å²) in [4.78, 5) is 21.4. The van der Waals surface area contributed by atoms with E-state index in [0.29, 0.717) is 10.7 Å². The molecule has 1 aromatic heterocycles. The van der Waals surface area contributed by atoms with Crippen molar-refractivity contribution in [2.75, 3.05) is 0 Å². The molecule has 8 nitrogen and oxygen atoms in total. The van der Waals surface area contributed by atoms with Crippen LogP contribution < -0.4 is 0 Å². The van der Waals surface area contributed by atoms with Crippen molar-refractivity contribution in [1.82, 2.24) is 15.0 Å². The Bertz CT molecular complexity index is 590. The van der Waals surface area contributed by atoms with Crippen LogP contribution in [-0.2, 0) is 0 Å². The summed E-state index contributed by atoms with van der Waals surface area (Å²) in [5, 5.41) is 26.9. The summed E-state index contributed by atoms with van der Waals surface area (Å²) in [5.74, 6) is -2.32. The van der Waals surface area contributed by atoms with Gasteiger partial charge in [0.25, 0.3) is 5.69 Å². The van der Waals surface area contributed by atoms with E-state index in [9.17, 15) is 14.9 Å². The van der Waals surface area contributed by atoms with Gasteiger partial charge in [-0.3, -0.25) is 0 Å². The normalized spacial score (nSPS) is 10.3. The van der Waals surface area contributed by atoms with Gasteiger partial charge < -0.3 is 15.2 Å². The van der Waals surface area contributed by atoms with E-state index in [1.54, 1.807) is 0 Å². The highest BCUT2D eigenvalue weighted by atomic mass is 35.5. The molecule has 0 radical (unpaired) electrons. The standard InChI is InChI=1S/C9H5ClN4O4/c10-5-1-3-6(4-2-5)13-11-7(9(15)16)8(12-13)14(17)18/h1-4H,(H,15,16). The maximum atomic E-state index is 10.8. The molecular weight excluding hydrogens is 264 g/mol. The van der Waals surface area contributed by atoms with Crippen molar-refractivity contribution >= 4 is 23.4 Å². The monoisotopic (exact) mass is 268 g/mol. The molecule has 0 amide bonds. The zero-order chi connectivity index (χ0) is 13.3. The summed E-state index contributed by atoms with van der Waals surface area (Å²) in [6.45, 7) is 0. The molecule has 9 heteroatoms. The van der Waals surface area contributed by atoms with Gasteiger partial charge in [0.1, 0.15) is 5.69 Å². The molecule has 0 spiro atoms. The lowest BCUT2D eigenvalue weighted by Crippen LogP contribution is -2.02. The van der Waals surface area contributed by atoms with Crippen LogP contribution in [0.1, 0.15) is 10.5 Å². The van der Waals surface area contributed by atoms with Crippen LogP contribution in [0.5, 0.6) is 0 Å². The van der Waals surface area contributed by atoms with Crippen molar-refractivity contribution in [3.05, 3.63) is 45.1 Å². The largest absolute Gasteiger partial charge is 0.476 e. The Kier molecular flexibility index (Phi) is 2.94. The third kappa shape index (κ3) is 2.13. The molecule has 0 saturated heterocycles. The van der Waals surface area contributed by atoms with Crippen LogP contribution in [0.2, 0.25) is 5.02 Å². The summed E-state index contributed by atoms with van der Waals surface area (Å²) < 4.78 is 0. The van der Waals surface area contributed by atoms with E-state index >= 15 is 0 Å². The van der Waals surface area contributed by atoms with Crippen molar-refractivity contribution in [2.45, 2.75) is 0 Å². The lowest BCUT2D eigenvalue weighted by Gasteiger charge is -1.93. The molecule has 0 aliphatic rings. The maximum Gasteiger partial charge on any atom is 0.425 e. The number of carboxylic acid groups (broad SMARTS) is 1. The van der Waals surface area contributed by atoms with E-state index in [1.807, 2.05) is 0 Å². The minimum Gasteiger partial charge on any atom is -0.476 e. The fourth-order valence-corrected chi connectivity index (χ4v) is 1.38. The van der Waals surface area contributed by atoms with Gasteiger partial charge in [0, 0.05) is 5.02 Å². The molecule has 1 heterocycles. The first kappa shape index (κ1) is 12.0. The molecule has 2 aromatic rings. The van der Waals surface area contributed by atoms with Crippen molar-refractivity contribution < 1.29 is 14.8 Å². The molecule has 0 bridgehead atoms. The summed E-state index contributed by atoms with van der Waals surface area (Å²) in [5.41, 5.74) is -0.343. The van der Waals surface area contributed by atoms with Gasteiger partial charge in [-0.05, 0) is 29.2 Å². The molecule has 2 rings (SSSR count). The number of nitro groups is 1. The van der Waals surface area contributed by atoms with Gasteiger partial charge in [0.05, 0.1) is 5.10 Å². The minimum atomic E-state index is -1.51. The van der Waals surface area contributed by atoms with Crippen LogP contribution in [0.3, 0.4) is 0 Å². The second kappa shape index (κ2) is 4.41. The molecule has 92 valence electrons. The fourth-order valence-electron chi connectivity index (χ4n) is 1.25. The fraction of sp³-hybridized carbons (Fsp3) is 0. The van der Waals surface area contributed by atoms with E-state index in [1.165, 1.54) is 24.3 Å². The number of halogens is 1. The first-order chi connectivity index (χ1) is 8.49. The molecule has 0 saturated carbocycles. The van der Waals surface area contributed by atoms with Crippen molar-refractivity contribution in [3.63, 3.8) is 0 Å². The SMILES string of the molecule is O=C(O)c1nn(-c2ccc(Cl)cc2)nc1[N+](=O)[O-]. The van der Waals surface area contributed by atoms with Crippen LogP contribution in [0.4, 0.5) is 5.82 Å². The average molecular weight is 269 g/mol. The van der Waals surface area contributed by atoms with E-state index in [-0.39, 0.29) is 0 Å². The Balaban J connectivity index is 2.53. The number of aromatic carboxylic acids is 1. The summed E-state index contributed by atoms with van der Waals surface area (Å²) in [7, 11) is 0. The minimum absolute atomic E-state index is 0.370. The molecule has 18 heavy (non-hydrogen) atoms. The maximum absolute atomic E-state index is 10.8. The average Bonchev–Trinajstić information content (AvgIpc) is 2.75. The van der Waals surface area contributed by atoms with Gasteiger partial charge in [0.15, 0.2) is 0 Å². The first-order valence-electron chi connectivity index (χ1n) is 4.60. The Morgan fingerprint density at radius 2 is 1.94 bits per heavy atom. The van der Waals surface area contributed by atoms with Gasteiger partial charge >= 0.3 is 11.8 Å². The van der Waals surface area contributed by atoms with Crippen LogP contribution in [0.25, 0.3) is 5.69 Å². The molecule has 0 aliphatic carbocycles. The quantitative estimate of drug-likeness (QED) is 0.667. The van der Waals surface area contributed by atoms with Gasteiger partial charge in [-0.25, -0.2) is 4.79 Å². The summed E-state index contributed by atoms with van der Waals surface area (Å²) in [6, 6.07) is 6.09. The molecular formula is C9H5ClN4O4. The number of rotatable bonds is 3. The highest BCUT2D eigenvalue weighted by Gasteiger charge is 2.28. The molecule has 1 N–H and O–H groups in total. The lowest BCUT2D eigenvalue weighted by molar-refractivity contribution is -0.390. The summed E-state index contributed by atoms with van der Waals surface area (Å²) >= 11 is 5.68. The number of carboxylic acids is 1. The third-order valence-electron chi connectivity index (χ3n) is 2.03. The topological polar surface area (TPSA) is 111 Å². The Labute approximate surface area is 105 Å². The number of hydrogen-bond acceptors (Lipinski definition) is 5. The number of hydrogen-bond donors (Lipinski definition) is 1. The number of carbonyl (C=O) groups is 1. The first-order valence-corrected chi connectivity index (χ1v) is 4.98. The zero-order valence-corrected chi connectivity index (χ0v) is 9.40. The van der Waals surface area contributed by atoms with Crippen LogP contribution in [0, 0.1) is 10.1 Å². The molecule has 0 aliphatic heterocycles. The number of benzene rings is 1. The van der Waals surface area contributed by atoms with Crippen LogP contribution in [0.15, 0.2) is 24.3 Å². The third-order valence-corrected chi connectivity index (χ3v) is 2.28. The highest BCUT2D eigenvalue weighted by Crippen LogP contribution is 2.17. The Morgan fingerprint density at radius 1 is 1.33 bits per heavy atom. The molecule has 0 unspecified atom stereocenters. The Hall–Kier alpha value is -2.48. The zero-order valence-electron chi connectivity index (χ0n) is 8.65. The lowest BCUT2D eigenvalue weighted by atomic mass is 10.3. The van der Waals surface area contributed by atoms with E-state index in [0.717, 1.165) is 4.80 Å². The Morgan fingerprint density at radius 3 is 2.39 bits per heavy atom. The second-order valence-electron chi connectivity index (χ2n) is 3.20. The smallest absolute Gasteiger partial charge is 0.425 e. The van der Waals surface area contributed by atoms with Crippen LogP contribution >= 0.6 is 11.6 Å². The van der Waals surface area contributed by atoms with Gasteiger partial charge in [0.2, 0.25) is 0 Å². The summed E-state index contributed by atoms with van der Waals surface area (Å²) in [6.07, 6.45) is 0. The number of nitrogens with zero attached hydrogens (tertiary/aromatic N) is 4. The van der Waals surface area contributed by atoms with E-state index < -0.39 is 22.4 Å². The molecule has 1 aromatic carbocycles. The van der Waals surface area contributed by atoms with Crippen LogP contribution in [-0.4, -0.2) is 31.0 Å². The van der Waals surface area contributed by atoms with Crippen molar-refractivity contribution in [3.8, 4) is 5.69 Å². The van der Waals surface area contributed by atoms with E-state index in [2.05, 4.69) is 10.2 Å². The highest BCUT2D eigenvalue weighted by molar-refractivity contribution is 6.30. The van der Waals surface area contributed by atoms with Crippen molar-refractivity contribution in [2.24, 2.45) is 0 Å². The number of aromatic nitrogens is 3. The second-order valence-corrected chi connectivity index (χ2v) is 3.64. The van der Waals surface area contributed by atoms with Gasteiger partial charge in [-0.15, -0.1) is 5.10 Å². The van der Waals surface area contributed by atoms with Gasteiger partial charge in [-0.1, -0.05) is 16.4 Å². The molecule has 0 fully saturated rings. The predicted molar refractivity (Wildman–Crippen MR) is 60.0 cm³/mol. The predicted octanol–water partition coefficient (Wildman–Crippen LogP) is 1.53. The molecule has 0 atom stereocenters. The van der Waals surface area contributed by atoms with E-state index in [4.69, 9.17) is 16.7 Å².